The van der Waals surface area contributed by atoms with Crippen molar-refractivity contribution in [2.24, 2.45) is 0 Å². The first-order valence-electron chi connectivity index (χ1n) is 8.26. The zero-order chi connectivity index (χ0) is 17.2. The molecule has 1 fully saturated rings. The van der Waals surface area contributed by atoms with E-state index in [4.69, 9.17) is 0 Å². The molecule has 0 saturated carbocycles. The van der Waals surface area contributed by atoms with Crippen LogP contribution in [-0.4, -0.2) is 37.3 Å². The quantitative estimate of drug-likeness (QED) is 0.884. The van der Waals surface area contributed by atoms with Crippen LogP contribution >= 0.6 is 12.4 Å². The number of pyridine rings is 1. The molecule has 1 aliphatic heterocycles. The van der Waals surface area contributed by atoms with Gasteiger partial charge in [0.1, 0.15) is 4.90 Å². The minimum atomic E-state index is -3.56. The predicted octanol–water partition coefficient (Wildman–Crippen LogP) is 2.71. The van der Waals surface area contributed by atoms with Gasteiger partial charge in [0.15, 0.2) is 0 Å². The Bertz CT molecular complexity index is 792. The van der Waals surface area contributed by atoms with Crippen LogP contribution in [0.3, 0.4) is 0 Å². The maximum Gasteiger partial charge on any atom is 0.245 e. The third-order valence-electron chi connectivity index (χ3n) is 4.46. The molecular weight excluding hydrogens is 358 g/mol. The van der Waals surface area contributed by atoms with E-state index in [0.717, 1.165) is 17.7 Å². The zero-order valence-corrected chi connectivity index (χ0v) is 16.1. The third-order valence-corrected chi connectivity index (χ3v) is 6.35. The van der Waals surface area contributed by atoms with Gasteiger partial charge in [0.05, 0.1) is 6.04 Å². The van der Waals surface area contributed by atoms with Crippen LogP contribution in [0.25, 0.3) is 0 Å². The van der Waals surface area contributed by atoms with Crippen molar-refractivity contribution in [3.63, 3.8) is 0 Å². The van der Waals surface area contributed by atoms with Gasteiger partial charge in [-0.3, -0.25) is 4.98 Å². The lowest BCUT2D eigenvalue weighted by molar-refractivity contribution is 0.271. The Morgan fingerprint density at radius 1 is 1.20 bits per heavy atom. The molecule has 1 aliphatic rings. The number of halogens is 1. The van der Waals surface area contributed by atoms with Gasteiger partial charge in [-0.05, 0) is 36.6 Å². The van der Waals surface area contributed by atoms with Gasteiger partial charge in [-0.1, -0.05) is 31.2 Å². The summed E-state index contributed by atoms with van der Waals surface area (Å²) < 4.78 is 27.7. The topological polar surface area (TPSA) is 62.3 Å². The zero-order valence-electron chi connectivity index (χ0n) is 14.5. The van der Waals surface area contributed by atoms with Crippen LogP contribution in [0, 0.1) is 6.92 Å². The van der Waals surface area contributed by atoms with Crippen molar-refractivity contribution in [1.29, 1.82) is 0 Å². The Hall–Kier alpha value is -1.47. The third kappa shape index (κ3) is 4.20. The molecule has 1 aromatic carbocycles. The lowest BCUT2D eigenvalue weighted by Crippen LogP contribution is -2.48. The summed E-state index contributed by atoms with van der Waals surface area (Å²) in [7, 11) is -3.56. The van der Waals surface area contributed by atoms with E-state index in [-0.39, 0.29) is 23.3 Å². The van der Waals surface area contributed by atoms with Gasteiger partial charge in [0.2, 0.25) is 10.0 Å². The van der Waals surface area contributed by atoms with Crippen LogP contribution in [0.5, 0.6) is 0 Å². The van der Waals surface area contributed by atoms with Crippen LogP contribution in [-0.2, 0) is 16.4 Å². The molecule has 0 radical (unpaired) electrons. The first-order valence-corrected chi connectivity index (χ1v) is 9.70. The van der Waals surface area contributed by atoms with Crippen molar-refractivity contribution in [1.82, 2.24) is 14.6 Å². The van der Waals surface area contributed by atoms with E-state index in [1.807, 2.05) is 19.1 Å². The molecule has 0 amide bonds. The number of nitrogens with one attached hydrogen (secondary N) is 1. The van der Waals surface area contributed by atoms with Crippen molar-refractivity contribution >= 4 is 22.4 Å². The number of rotatable bonds is 4. The van der Waals surface area contributed by atoms with Gasteiger partial charge in [-0.15, -0.1) is 12.4 Å². The minimum Gasteiger partial charge on any atom is -0.313 e. The normalized spacial score (nSPS) is 18.6. The summed E-state index contributed by atoms with van der Waals surface area (Å²) in [5.74, 6) is 0. The maximum absolute atomic E-state index is 13.1. The Labute approximate surface area is 155 Å². The number of aromatic nitrogens is 1. The van der Waals surface area contributed by atoms with Gasteiger partial charge in [0.25, 0.3) is 0 Å². The van der Waals surface area contributed by atoms with Gasteiger partial charge in [0, 0.05) is 31.5 Å². The molecule has 2 heterocycles. The lowest BCUT2D eigenvalue weighted by atomic mass is 10.0. The minimum absolute atomic E-state index is 0. The van der Waals surface area contributed by atoms with Gasteiger partial charge < -0.3 is 5.32 Å². The van der Waals surface area contributed by atoms with E-state index >= 15 is 0 Å². The molecule has 5 nitrogen and oxygen atoms in total. The lowest BCUT2D eigenvalue weighted by Gasteiger charge is -2.35. The Morgan fingerprint density at radius 2 is 1.92 bits per heavy atom. The van der Waals surface area contributed by atoms with Crippen LogP contribution in [0.15, 0.2) is 47.5 Å². The smallest absolute Gasteiger partial charge is 0.245 e. The fraction of sp³-hybridized carbons (Fsp3) is 0.389. The number of sulfonamides is 1. The fourth-order valence-corrected chi connectivity index (χ4v) is 4.53. The summed E-state index contributed by atoms with van der Waals surface area (Å²) in [5, 5.41) is 3.30. The van der Waals surface area contributed by atoms with E-state index in [0.29, 0.717) is 19.6 Å². The highest BCUT2D eigenvalue weighted by molar-refractivity contribution is 7.89. The predicted molar refractivity (Wildman–Crippen MR) is 102 cm³/mol. The van der Waals surface area contributed by atoms with E-state index in [9.17, 15) is 8.42 Å². The molecule has 1 unspecified atom stereocenters. The van der Waals surface area contributed by atoms with Crippen molar-refractivity contribution in [2.75, 3.05) is 19.6 Å². The summed E-state index contributed by atoms with van der Waals surface area (Å²) in [6.07, 6.45) is 2.42. The molecule has 2 aromatic rings. The van der Waals surface area contributed by atoms with E-state index < -0.39 is 10.0 Å². The number of hydrogen-bond donors (Lipinski definition) is 1. The summed E-state index contributed by atoms with van der Waals surface area (Å²) in [6.45, 7) is 5.68. The monoisotopic (exact) mass is 381 g/mol. The molecule has 0 aliphatic carbocycles. The van der Waals surface area contributed by atoms with Crippen molar-refractivity contribution < 1.29 is 8.42 Å². The maximum atomic E-state index is 13.1. The second kappa shape index (κ2) is 8.27. The first kappa shape index (κ1) is 19.8. The molecule has 7 heteroatoms. The molecule has 25 heavy (non-hydrogen) atoms. The number of hydrogen-bond acceptors (Lipinski definition) is 4. The van der Waals surface area contributed by atoms with E-state index in [1.165, 1.54) is 11.8 Å². The molecule has 3 rings (SSSR count). The second-order valence-electron chi connectivity index (χ2n) is 6.07. The second-order valence-corrected chi connectivity index (χ2v) is 7.96. The summed E-state index contributed by atoms with van der Waals surface area (Å²) in [5.41, 5.74) is 3.07. The van der Waals surface area contributed by atoms with Crippen molar-refractivity contribution in [2.45, 2.75) is 31.2 Å². The molecule has 1 N–H and O–H groups in total. The highest BCUT2D eigenvalue weighted by Crippen LogP contribution is 2.29. The number of piperazine rings is 1. The Balaban J connectivity index is 0.00000225. The molecule has 1 saturated heterocycles. The highest BCUT2D eigenvalue weighted by atomic mass is 35.5. The highest BCUT2D eigenvalue weighted by Gasteiger charge is 2.34. The molecule has 0 spiro atoms. The number of aryl methyl sites for hydroxylation is 2. The fourth-order valence-electron chi connectivity index (χ4n) is 2.98. The Morgan fingerprint density at radius 3 is 2.52 bits per heavy atom. The molecule has 0 bridgehead atoms. The van der Waals surface area contributed by atoms with Crippen LogP contribution in [0.4, 0.5) is 0 Å². The van der Waals surface area contributed by atoms with Crippen LogP contribution < -0.4 is 5.32 Å². The van der Waals surface area contributed by atoms with Gasteiger partial charge in [-0.25, -0.2) is 8.42 Å². The summed E-state index contributed by atoms with van der Waals surface area (Å²) >= 11 is 0. The first-order chi connectivity index (χ1) is 11.5. The van der Waals surface area contributed by atoms with Crippen LogP contribution in [0.1, 0.15) is 29.8 Å². The number of benzene rings is 1. The summed E-state index contributed by atoms with van der Waals surface area (Å²) in [6, 6.07) is 11.4. The van der Waals surface area contributed by atoms with Crippen LogP contribution in [0.2, 0.25) is 0 Å². The largest absolute Gasteiger partial charge is 0.313 e. The van der Waals surface area contributed by atoms with Crippen molar-refractivity contribution in [3.05, 3.63) is 59.4 Å². The standard InChI is InChI=1S/C18H23N3O2S.ClH/c1-3-15-5-7-16(8-6-15)18-13-19-10-11-21(18)24(22,23)17-9-4-14(2)20-12-17;/h4-9,12,18-19H,3,10-11,13H2,1-2H3;1H. The Kier molecular flexibility index (Phi) is 6.57. The SMILES string of the molecule is CCc1ccc(C2CNCCN2S(=O)(=O)c2ccc(C)nc2)cc1.Cl. The summed E-state index contributed by atoms with van der Waals surface area (Å²) in [4.78, 5) is 4.39. The van der Waals surface area contributed by atoms with Crippen molar-refractivity contribution in [3.8, 4) is 0 Å². The van der Waals surface area contributed by atoms with Gasteiger partial charge >= 0.3 is 0 Å². The molecular formula is C18H24ClN3O2S. The molecule has 1 atom stereocenters. The average Bonchev–Trinajstić information content (AvgIpc) is 2.62. The molecule has 136 valence electrons. The molecule has 1 aromatic heterocycles. The van der Waals surface area contributed by atoms with E-state index in [1.54, 1.807) is 16.4 Å². The average molecular weight is 382 g/mol. The van der Waals surface area contributed by atoms with E-state index in [2.05, 4.69) is 29.4 Å². The van der Waals surface area contributed by atoms with Gasteiger partial charge in [-0.2, -0.15) is 4.31 Å². The number of nitrogens with zero attached hydrogens (tertiary/aromatic N) is 2.